The van der Waals surface area contributed by atoms with Gasteiger partial charge in [0.25, 0.3) is 0 Å². The van der Waals surface area contributed by atoms with Gasteiger partial charge in [-0.3, -0.25) is 0 Å². The normalized spacial score (nSPS) is 11.0. The van der Waals surface area contributed by atoms with Crippen molar-refractivity contribution < 1.29 is 17.9 Å². The lowest BCUT2D eigenvalue weighted by Crippen LogP contribution is -2.08. The molecule has 0 radical (unpaired) electrons. The SMILES string of the molecule is N#Cc1cccc(Oc2ccc(CBr)c(C(F)(F)F)c2)c1. The van der Waals surface area contributed by atoms with Gasteiger partial charge >= 0.3 is 6.18 Å². The van der Waals surface area contributed by atoms with Crippen LogP contribution in [-0.2, 0) is 11.5 Å². The van der Waals surface area contributed by atoms with E-state index in [1.807, 2.05) is 6.07 Å². The quantitative estimate of drug-likeness (QED) is 0.703. The fraction of sp³-hybridized carbons (Fsp3) is 0.133. The van der Waals surface area contributed by atoms with Gasteiger partial charge in [-0.15, -0.1) is 0 Å². The summed E-state index contributed by atoms with van der Waals surface area (Å²) in [6.07, 6.45) is -4.45. The summed E-state index contributed by atoms with van der Waals surface area (Å²) >= 11 is 3.03. The summed E-state index contributed by atoms with van der Waals surface area (Å²) in [5.74, 6) is 0.385. The van der Waals surface area contributed by atoms with Crippen molar-refractivity contribution in [1.82, 2.24) is 0 Å². The highest BCUT2D eigenvalue weighted by Crippen LogP contribution is 2.36. The number of hydrogen-bond acceptors (Lipinski definition) is 2. The van der Waals surface area contributed by atoms with Crippen LogP contribution in [0.4, 0.5) is 13.2 Å². The van der Waals surface area contributed by atoms with Crippen molar-refractivity contribution in [2.45, 2.75) is 11.5 Å². The highest BCUT2D eigenvalue weighted by Gasteiger charge is 2.33. The molecule has 108 valence electrons. The second-order valence-corrected chi connectivity index (χ2v) is 4.75. The van der Waals surface area contributed by atoms with E-state index < -0.39 is 11.7 Å². The maximum Gasteiger partial charge on any atom is 0.416 e. The highest BCUT2D eigenvalue weighted by molar-refractivity contribution is 9.08. The van der Waals surface area contributed by atoms with Gasteiger partial charge in [-0.25, -0.2) is 0 Å². The Labute approximate surface area is 127 Å². The number of benzene rings is 2. The Bertz CT molecular complexity index is 692. The van der Waals surface area contributed by atoms with Crippen molar-refractivity contribution in [3.63, 3.8) is 0 Å². The fourth-order valence-electron chi connectivity index (χ4n) is 1.76. The maximum atomic E-state index is 13.0. The van der Waals surface area contributed by atoms with E-state index in [-0.39, 0.29) is 16.6 Å². The van der Waals surface area contributed by atoms with Crippen molar-refractivity contribution in [2.24, 2.45) is 0 Å². The lowest BCUT2D eigenvalue weighted by molar-refractivity contribution is -0.138. The molecule has 2 aromatic rings. The molecule has 0 aliphatic carbocycles. The van der Waals surface area contributed by atoms with Crippen molar-refractivity contribution in [1.29, 1.82) is 5.26 Å². The number of rotatable bonds is 3. The Morgan fingerprint density at radius 2 is 1.81 bits per heavy atom. The molecule has 0 unspecified atom stereocenters. The van der Waals surface area contributed by atoms with E-state index in [1.165, 1.54) is 18.2 Å². The monoisotopic (exact) mass is 355 g/mol. The largest absolute Gasteiger partial charge is 0.457 e. The van der Waals surface area contributed by atoms with Crippen molar-refractivity contribution in [3.05, 3.63) is 59.2 Å². The van der Waals surface area contributed by atoms with Crippen LogP contribution in [0.25, 0.3) is 0 Å². The predicted molar refractivity (Wildman–Crippen MR) is 75.3 cm³/mol. The molecule has 2 nitrogen and oxygen atoms in total. The Kier molecular flexibility index (Phi) is 4.53. The minimum atomic E-state index is -4.45. The van der Waals surface area contributed by atoms with Gasteiger partial charge in [-0.2, -0.15) is 18.4 Å². The number of nitrogens with zero attached hydrogens (tertiary/aromatic N) is 1. The second-order valence-electron chi connectivity index (χ2n) is 4.19. The molecule has 0 aromatic heterocycles. The number of alkyl halides is 4. The van der Waals surface area contributed by atoms with Crippen LogP contribution in [0.1, 0.15) is 16.7 Å². The lowest BCUT2D eigenvalue weighted by Gasteiger charge is -2.13. The lowest BCUT2D eigenvalue weighted by atomic mass is 10.1. The standard InChI is InChI=1S/C15H9BrF3NO/c16-8-11-4-5-13(7-14(11)15(17,18)19)21-12-3-1-2-10(6-12)9-20/h1-7H,8H2. The zero-order chi connectivity index (χ0) is 15.5. The van der Waals surface area contributed by atoms with Crippen LogP contribution in [0.2, 0.25) is 0 Å². The molecule has 0 N–H and O–H groups in total. The van der Waals surface area contributed by atoms with E-state index in [0.717, 1.165) is 6.07 Å². The first-order valence-electron chi connectivity index (χ1n) is 5.88. The van der Waals surface area contributed by atoms with E-state index in [0.29, 0.717) is 11.3 Å². The van der Waals surface area contributed by atoms with Crippen molar-refractivity contribution in [3.8, 4) is 17.6 Å². The molecular formula is C15H9BrF3NO. The van der Waals surface area contributed by atoms with E-state index in [2.05, 4.69) is 15.9 Å². The van der Waals surface area contributed by atoms with Gasteiger partial charge in [-0.1, -0.05) is 28.1 Å². The van der Waals surface area contributed by atoms with Gasteiger partial charge < -0.3 is 4.74 Å². The molecule has 0 saturated heterocycles. The second kappa shape index (κ2) is 6.19. The molecule has 0 atom stereocenters. The Hall–Kier alpha value is -2.00. The summed E-state index contributed by atoms with van der Waals surface area (Å²) in [4.78, 5) is 0. The molecule has 0 amide bonds. The van der Waals surface area contributed by atoms with Crippen LogP contribution in [0, 0.1) is 11.3 Å². The first-order chi connectivity index (χ1) is 9.94. The molecule has 0 spiro atoms. The molecule has 0 aliphatic heterocycles. The molecule has 0 bridgehead atoms. The minimum Gasteiger partial charge on any atom is -0.457 e. The molecule has 0 saturated carbocycles. The number of hydrogen-bond donors (Lipinski definition) is 0. The van der Waals surface area contributed by atoms with Gasteiger partial charge in [0.2, 0.25) is 0 Å². The van der Waals surface area contributed by atoms with Crippen LogP contribution in [0.15, 0.2) is 42.5 Å². The van der Waals surface area contributed by atoms with Gasteiger partial charge in [0, 0.05) is 5.33 Å². The molecule has 0 fully saturated rings. The molecule has 0 heterocycles. The van der Waals surface area contributed by atoms with Crippen LogP contribution in [0.5, 0.6) is 11.5 Å². The molecule has 2 rings (SSSR count). The summed E-state index contributed by atoms with van der Waals surface area (Å²) < 4.78 is 44.2. The molecular weight excluding hydrogens is 347 g/mol. The van der Waals surface area contributed by atoms with Gasteiger partial charge in [0.15, 0.2) is 0 Å². The first-order valence-corrected chi connectivity index (χ1v) is 7.00. The Morgan fingerprint density at radius 3 is 2.43 bits per heavy atom. The number of halogens is 4. The summed E-state index contributed by atoms with van der Waals surface area (Å²) in [6.45, 7) is 0. The van der Waals surface area contributed by atoms with Crippen molar-refractivity contribution in [2.75, 3.05) is 0 Å². The summed E-state index contributed by atoms with van der Waals surface area (Å²) in [6, 6.07) is 11.9. The Balaban J connectivity index is 2.35. The van der Waals surface area contributed by atoms with E-state index in [4.69, 9.17) is 10.00 Å². The average molecular weight is 356 g/mol. The highest BCUT2D eigenvalue weighted by atomic mass is 79.9. The third-order valence-corrected chi connectivity index (χ3v) is 3.33. The summed E-state index contributed by atoms with van der Waals surface area (Å²) in [5, 5.41) is 8.89. The van der Waals surface area contributed by atoms with Gasteiger partial charge in [0.1, 0.15) is 11.5 Å². The van der Waals surface area contributed by atoms with Crippen LogP contribution in [-0.4, -0.2) is 0 Å². The third-order valence-electron chi connectivity index (χ3n) is 2.73. The van der Waals surface area contributed by atoms with E-state index in [9.17, 15) is 13.2 Å². The molecule has 2 aromatic carbocycles. The Morgan fingerprint density at radius 1 is 1.10 bits per heavy atom. The van der Waals surface area contributed by atoms with Gasteiger partial charge in [-0.05, 0) is 35.9 Å². The van der Waals surface area contributed by atoms with Crippen LogP contribution >= 0.6 is 15.9 Å². The smallest absolute Gasteiger partial charge is 0.416 e. The number of nitriles is 1. The minimum absolute atomic E-state index is 0.0714. The van der Waals surface area contributed by atoms with Gasteiger partial charge in [0.05, 0.1) is 17.2 Å². The van der Waals surface area contributed by atoms with E-state index in [1.54, 1.807) is 18.2 Å². The van der Waals surface area contributed by atoms with Crippen LogP contribution < -0.4 is 4.74 Å². The predicted octanol–water partition coefficient (Wildman–Crippen LogP) is 5.26. The van der Waals surface area contributed by atoms with E-state index >= 15 is 0 Å². The zero-order valence-electron chi connectivity index (χ0n) is 10.6. The maximum absolute atomic E-state index is 13.0. The fourth-order valence-corrected chi connectivity index (χ4v) is 2.25. The number of ether oxygens (including phenoxy) is 1. The topological polar surface area (TPSA) is 33.0 Å². The first kappa shape index (κ1) is 15.4. The zero-order valence-corrected chi connectivity index (χ0v) is 12.2. The third kappa shape index (κ3) is 3.76. The summed E-state index contributed by atoms with van der Waals surface area (Å²) in [5.41, 5.74) is -0.227. The van der Waals surface area contributed by atoms with Crippen molar-refractivity contribution >= 4 is 15.9 Å². The van der Waals surface area contributed by atoms with Crippen LogP contribution in [0.3, 0.4) is 0 Å². The summed E-state index contributed by atoms with van der Waals surface area (Å²) in [7, 11) is 0. The molecule has 0 aliphatic rings. The molecule has 6 heteroatoms. The molecule has 21 heavy (non-hydrogen) atoms. The average Bonchev–Trinajstić information content (AvgIpc) is 2.46.